The van der Waals surface area contributed by atoms with Gasteiger partial charge in [-0.1, -0.05) is 11.6 Å². The predicted octanol–water partition coefficient (Wildman–Crippen LogP) is 3.99. The van der Waals surface area contributed by atoms with Gasteiger partial charge < -0.3 is 27.2 Å². The van der Waals surface area contributed by atoms with Gasteiger partial charge in [0.1, 0.15) is 23.2 Å². The fourth-order valence-corrected chi connectivity index (χ4v) is 5.65. The second-order valence-electron chi connectivity index (χ2n) is 10.2. The van der Waals surface area contributed by atoms with Crippen molar-refractivity contribution in [3.63, 3.8) is 0 Å². The molecule has 1 heterocycles. The second-order valence-corrected chi connectivity index (χ2v) is 10.6. The summed E-state index contributed by atoms with van der Waals surface area (Å²) in [5, 5.41) is 21.1. The molecule has 1 aromatic carbocycles. The summed E-state index contributed by atoms with van der Waals surface area (Å²) in [5.74, 6) is 0.497. The molecule has 2 unspecified atom stereocenters. The monoisotopic (exact) mass is 587 g/mol. The van der Waals surface area contributed by atoms with Crippen molar-refractivity contribution in [2.24, 2.45) is 29.6 Å². The number of benzene rings is 1. The van der Waals surface area contributed by atoms with Crippen molar-refractivity contribution in [2.75, 3.05) is 31.7 Å². The van der Waals surface area contributed by atoms with Gasteiger partial charge in [0, 0.05) is 45.4 Å². The Morgan fingerprint density at radius 2 is 1.95 bits per heavy atom. The molecule has 9 nitrogen and oxygen atoms in total. The molecule has 0 amide bonds. The first kappa shape index (κ1) is 31.2. The van der Waals surface area contributed by atoms with E-state index in [4.69, 9.17) is 23.1 Å². The van der Waals surface area contributed by atoms with E-state index in [-0.39, 0.29) is 41.0 Å². The zero-order chi connectivity index (χ0) is 29.8. The molecule has 0 spiro atoms. The SMILES string of the molecule is CN=C(/C=C(\N)C(F)(F)F)NCC1(O)CC2CC(c3nn(C)c(N)c3C=O)CC2C1.CNc1ccc(F)c(Cl)c1. The number of aromatic nitrogens is 2. The van der Waals surface area contributed by atoms with Crippen LogP contribution in [0.25, 0.3) is 0 Å². The van der Waals surface area contributed by atoms with E-state index in [1.165, 1.54) is 23.9 Å². The van der Waals surface area contributed by atoms with Gasteiger partial charge in [0.25, 0.3) is 0 Å². The number of halogens is 5. The first-order valence-corrected chi connectivity index (χ1v) is 13.0. The van der Waals surface area contributed by atoms with Crippen LogP contribution in [0.5, 0.6) is 0 Å². The van der Waals surface area contributed by atoms with E-state index < -0.39 is 17.5 Å². The first-order chi connectivity index (χ1) is 18.7. The van der Waals surface area contributed by atoms with Crippen LogP contribution in [0, 0.1) is 17.7 Å². The van der Waals surface area contributed by atoms with Gasteiger partial charge in [0.2, 0.25) is 0 Å². The highest BCUT2D eigenvalue weighted by Crippen LogP contribution is 2.54. The number of carbonyl (C=O) groups is 1. The largest absolute Gasteiger partial charge is 0.430 e. The fourth-order valence-electron chi connectivity index (χ4n) is 5.47. The summed E-state index contributed by atoms with van der Waals surface area (Å²) in [5.41, 5.74) is 10.6. The number of nitrogens with two attached hydrogens (primary N) is 2. The minimum Gasteiger partial charge on any atom is -0.395 e. The van der Waals surface area contributed by atoms with Gasteiger partial charge in [0.05, 0.1) is 21.9 Å². The van der Waals surface area contributed by atoms with Crippen molar-refractivity contribution >= 4 is 35.2 Å². The molecule has 7 N–H and O–H groups in total. The standard InChI is InChI=1S/C19H27F3N6O2.C7H7ClFN/c1-25-15(5-14(23)19(20,21)22)26-9-18(30)6-11-3-10(4-12(11)7-18)16-13(8-29)17(24)28(2)27-16;1-10-5-2-3-7(9)6(8)4-5/h5,8,10-12,30H,3-4,6-7,9,23-24H2,1-2H3,(H,25,26);2-4,10H,1H3/b14-5-;. The van der Waals surface area contributed by atoms with Crippen LogP contribution in [0.1, 0.15) is 47.7 Å². The minimum absolute atomic E-state index is 0.0345. The van der Waals surface area contributed by atoms with E-state index in [1.54, 1.807) is 20.2 Å². The summed E-state index contributed by atoms with van der Waals surface area (Å²) in [6.07, 6.45) is -0.604. The Bertz CT molecular complexity index is 1260. The lowest BCUT2D eigenvalue weighted by Crippen LogP contribution is -2.41. The summed E-state index contributed by atoms with van der Waals surface area (Å²) in [6, 6.07) is 4.49. The zero-order valence-electron chi connectivity index (χ0n) is 22.4. The number of fused-ring (bicyclic) bond motifs is 1. The molecule has 0 saturated heterocycles. The maximum Gasteiger partial charge on any atom is 0.430 e. The Kier molecular flexibility index (Phi) is 9.72. The topological polar surface area (TPSA) is 144 Å². The molecular formula is C26H34ClF4N7O2. The number of nitrogens with one attached hydrogen (secondary N) is 2. The van der Waals surface area contributed by atoms with Crippen molar-refractivity contribution in [3.8, 4) is 0 Å². The van der Waals surface area contributed by atoms with Gasteiger partial charge in [-0.3, -0.25) is 14.5 Å². The number of aliphatic hydroxyl groups is 1. The Labute approximate surface area is 234 Å². The predicted molar refractivity (Wildman–Crippen MR) is 147 cm³/mol. The molecule has 0 aliphatic heterocycles. The Hall–Kier alpha value is -3.32. The van der Waals surface area contributed by atoms with Crippen LogP contribution in [-0.4, -0.2) is 59.4 Å². The number of rotatable bonds is 6. The van der Waals surface area contributed by atoms with Crippen LogP contribution < -0.4 is 22.1 Å². The molecular weight excluding hydrogens is 554 g/mol. The Balaban J connectivity index is 0.000000371. The van der Waals surface area contributed by atoms with Crippen molar-refractivity contribution < 1.29 is 27.5 Å². The molecule has 2 aliphatic rings. The summed E-state index contributed by atoms with van der Waals surface area (Å²) in [4.78, 5) is 15.2. The summed E-state index contributed by atoms with van der Waals surface area (Å²) < 4.78 is 51.8. The zero-order valence-corrected chi connectivity index (χ0v) is 23.2. The Morgan fingerprint density at radius 3 is 2.45 bits per heavy atom. The highest BCUT2D eigenvalue weighted by Gasteiger charge is 2.49. The van der Waals surface area contributed by atoms with Gasteiger partial charge in [-0.05, 0) is 55.7 Å². The summed E-state index contributed by atoms with van der Waals surface area (Å²) in [6.45, 7) is 0.0785. The number of hydrogen-bond donors (Lipinski definition) is 5. The van der Waals surface area contributed by atoms with Crippen LogP contribution >= 0.6 is 11.6 Å². The van der Waals surface area contributed by atoms with Gasteiger partial charge in [-0.25, -0.2) is 4.39 Å². The molecule has 0 radical (unpaired) electrons. The van der Waals surface area contributed by atoms with Gasteiger partial charge in [-0.15, -0.1) is 0 Å². The number of aryl methyl sites for hydroxylation is 1. The van der Waals surface area contributed by atoms with Crippen LogP contribution in [0.3, 0.4) is 0 Å². The maximum atomic E-state index is 12.6. The third-order valence-electron chi connectivity index (χ3n) is 7.46. The summed E-state index contributed by atoms with van der Waals surface area (Å²) >= 11 is 5.48. The average molecular weight is 588 g/mol. The lowest BCUT2D eigenvalue weighted by atomic mass is 9.92. The normalized spacial score (nSPS) is 24.8. The van der Waals surface area contributed by atoms with Gasteiger partial charge in [-0.2, -0.15) is 18.3 Å². The number of carbonyl (C=O) groups excluding carboxylic acids is 1. The van der Waals surface area contributed by atoms with Crippen molar-refractivity contribution in [1.29, 1.82) is 0 Å². The molecule has 1 aromatic heterocycles. The van der Waals surface area contributed by atoms with Crippen molar-refractivity contribution in [1.82, 2.24) is 15.1 Å². The molecule has 220 valence electrons. The number of alkyl halides is 3. The molecule has 4 rings (SSSR count). The molecule has 2 saturated carbocycles. The molecule has 2 aromatic rings. The number of aldehydes is 1. The minimum atomic E-state index is -4.64. The second kappa shape index (κ2) is 12.5. The quantitative estimate of drug-likeness (QED) is 0.149. The van der Waals surface area contributed by atoms with Gasteiger partial charge >= 0.3 is 6.18 Å². The average Bonchev–Trinajstić information content (AvgIpc) is 3.51. The number of allylic oxidation sites excluding steroid dienone is 1. The van der Waals surface area contributed by atoms with Crippen LogP contribution in [0.15, 0.2) is 35.0 Å². The third-order valence-corrected chi connectivity index (χ3v) is 7.75. The smallest absolute Gasteiger partial charge is 0.395 e. The highest BCUT2D eigenvalue weighted by atomic mass is 35.5. The number of anilines is 2. The first-order valence-electron chi connectivity index (χ1n) is 12.6. The maximum absolute atomic E-state index is 12.6. The number of nitrogens with zero attached hydrogens (tertiary/aromatic N) is 3. The van der Waals surface area contributed by atoms with Crippen LogP contribution in [-0.2, 0) is 7.05 Å². The van der Waals surface area contributed by atoms with E-state index >= 15 is 0 Å². The molecule has 2 atom stereocenters. The van der Waals surface area contributed by atoms with Gasteiger partial charge in [0.15, 0.2) is 6.29 Å². The van der Waals surface area contributed by atoms with Crippen LogP contribution in [0.2, 0.25) is 5.02 Å². The number of amidine groups is 1. The molecule has 14 heteroatoms. The molecule has 2 aliphatic carbocycles. The van der Waals surface area contributed by atoms with E-state index in [0.717, 1.165) is 30.9 Å². The lowest BCUT2D eigenvalue weighted by Gasteiger charge is -2.25. The van der Waals surface area contributed by atoms with Crippen molar-refractivity contribution in [3.05, 3.63) is 52.1 Å². The lowest BCUT2D eigenvalue weighted by molar-refractivity contribution is -0.0925. The van der Waals surface area contributed by atoms with Crippen LogP contribution in [0.4, 0.5) is 29.1 Å². The third kappa shape index (κ3) is 7.25. The highest BCUT2D eigenvalue weighted by molar-refractivity contribution is 6.31. The van der Waals surface area contributed by atoms with E-state index in [1.807, 2.05) is 0 Å². The molecule has 40 heavy (non-hydrogen) atoms. The van der Waals surface area contributed by atoms with E-state index in [2.05, 4.69) is 20.7 Å². The fraction of sp³-hybridized carbons (Fsp3) is 0.500. The number of aliphatic imine (C=N–C) groups is 1. The van der Waals surface area contributed by atoms with E-state index in [9.17, 15) is 27.5 Å². The van der Waals surface area contributed by atoms with E-state index in [0.29, 0.717) is 29.9 Å². The molecule has 0 bridgehead atoms. The number of hydrogen-bond acceptors (Lipinski definition) is 7. The summed E-state index contributed by atoms with van der Waals surface area (Å²) in [7, 11) is 4.80. The Morgan fingerprint density at radius 1 is 1.32 bits per heavy atom. The number of nitrogen functional groups attached to an aromatic ring is 1. The molecule has 2 fully saturated rings. The van der Waals surface area contributed by atoms with Crippen molar-refractivity contribution in [2.45, 2.75) is 43.4 Å².